The summed E-state index contributed by atoms with van der Waals surface area (Å²) in [4.78, 5) is 46.1. The van der Waals surface area contributed by atoms with Crippen molar-refractivity contribution in [2.45, 2.75) is 76.2 Å². The van der Waals surface area contributed by atoms with E-state index in [1.807, 2.05) is 86.3 Å². The second-order valence-electron chi connectivity index (χ2n) is 12.2. The molecule has 230 valence electrons. The van der Waals surface area contributed by atoms with Crippen molar-refractivity contribution in [2.75, 3.05) is 18.8 Å². The maximum absolute atomic E-state index is 13.5. The number of thiol groups is 1. The first kappa shape index (κ1) is 32.4. The normalized spacial score (nSPS) is 17.9. The van der Waals surface area contributed by atoms with E-state index in [0.717, 1.165) is 23.8 Å². The largest absolute Gasteiger partial charge is 0.390 e. The second-order valence-corrected chi connectivity index (χ2v) is 12.6. The SMILES string of the molecule is CC(C)(C)NC(=O)[C@@H]1CCCCN1CC(O)C(Cc1ccccc1)NC(=O)[C@H](CS)NC(=O)c1ccc2ccccc2n1. The summed E-state index contributed by atoms with van der Waals surface area (Å²) < 4.78 is 0. The minimum atomic E-state index is -0.967. The fourth-order valence-corrected chi connectivity index (χ4v) is 5.64. The molecule has 3 aromatic rings. The first-order valence-electron chi connectivity index (χ1n) is 14.9. The first-order valence-corrected chi connectivity index (χ1v) is 15.5. The number of hydrogen-bond donors (Lipinski definition) is 5. The van der Waals surface area contributed by atoms with Crippen LogP contribution >= 0.6 is 12.6 Å². The Hall–Kier alpha value is -3.47. The lowest BCUT2D eigenvalue weighted by molar-refractivity contribution is -0.130. The van der Waals surface area contributed by atoms with Gasteiger partial charge in [0.15, 0.2) is 0 Å². The van der Waals surface area contributed by atoms with Crippen LogP contribution < -0.4 is 16.0 Å². The number of piperidine rings is 1. The molecule has 1 aliphatic heterocycles. The molecule has 2 unspecified atom stereocenters. The summed E-state index contributed by atoms with van der Waals surface area (Å²) in [5.74, 6) is -0.936. The molecule has 1 aliphatic rings. The van der Waals surface area contributed by atoms with Gasteiger partial charge >= 0.3 is 0 Å². The predicted octanol–water partition coefficient (Wildman–Crippen LogP) is 3.12. The van der Waals surface area contributed by atoms with Crippen LogP contribution in [0.25, 0.3) is 10.9 Å². The average molecular weight is 606 g/mol. The molecule has 4 atom stereocenters. The Balaban J connectivity index is 1.47. The van der Waals surface area contributed by atoms with Gasteiger partial charge in [-0.05, 0) is 64.3 Å². The number of benzene rings is 2. The van der Waals surface area contributed by atoms with Crippen molar-refractivity contribution < 1.29 is 19.5 Å². The van der Waals surface area contributed by atoms with Crippen molar-refractivity contribution >= 4 is 41.3 Å². The van der Waals surface area contributed by atoms with E-state index in [1.54, 1.807) is 6.07 Å². The van der Waals surface area contributed by atoms with E-state index < -0.39 is 30.0 Å². The molecule has 1 aromatic heterocycles. The number of aromatic nitrogens is 1. The van der Waals surface area contributed by atoms with E-state index >= 15 is 0 Å². The van der Waals surface area contributed by atoms with Crippen LogP contribution in [0, 0.1) is 0 Å². The van der Waals surface area contributed by atoms with Gasteiger partial charge in [0.25, 0.3) is 5.91 Å². The zero-order chi connectivity index (χ0) is 31.0. The number of carbonyl (C=O) groups is 3. The van der Waals surface area contributed by atoms with Crippen LogP contribution in [0.4, 0.5) is 0 Å². The van der Waals surface area contributed by atoms with Crippen molar-refractivity contribution in [1.29, 1.82) is 0 Å². The van der Waals surface area contributed by atoms with Gasteiger partial charge in [-0.3, -0.25) is 19.3 Å². The molecule has 43 heavy (non-hydrogen) atoms. The number of hydrogen-bond acceptors (Lipinski definition) is 7. The molecule has 0 radical (unpaired) electrons. The molecule has 0 saturated carbocycles. The Morgan fingerprint density at radius 3 is 2.44 bits per heavy atom. The third-order valence-electron chi connectivity index (χ3n) is 7.56. The average Bonchev–Trinajstić information content (AvgIpc) is 2.99. The van der Waals surface area contributed by atoms with Crippen LogP contribution in [-0.4, -0.2) is 81.3 Å². The third kappa shape index (κ3) is 9.26. The molecule has 10 heteroatoms. The molecule has 0 aliphatic carbocycles. The van der Waals surface area contributed by atoms with Gasteiger partial charge < -0.3 is 21.1 Å². The Morgan fingerprint density at radius 1 is 1.00 bits per heavy atom. The van der Waals surface area contributed by atoms with Crippen LogP contribution in [0.5, 0.6) is 0 Å². The minimum absolute atomic E-state index is 0.0526. The number of β-amino-alcohol motifs (C(OH)–C–C–N with tert-alkyl or cyclic N) is 1. The van der Waals surface area contributed by atoms with Gasteiger partial charge in [-0.1, -0.05) is 61.0 Å². The van der Waals surface area contributed by atoms with Gasteiger partial charge in [0.2, 0.25) is 11.8 Å². The van der Waals surface area contributed by atoms with Gasteiger partial charge in [0, 0.05) is 23.2 Å². The molecular formula is C33H43N5O4S. The lowest BCUT2D eigenvalue weighted by Gasteiger charge is -2.39. The van der Waals surface area contributed by atoms with Gasteiger partial charge in [0.1, 0.15) is 11.7 Å². The molecule has 4 N–H and O–H groups in total. The highest BCUT2D eigenvalue weighted by Gasteiger charge is 2.34. The van der Waals surface area contributed by atoms with Crippen molar-refractivity contribution in [3.8, 4) is 0 Å². The first-order chi connectivity index (χ1) is 20.5. The van der Waals surface area contributed by atoms with E-state index in [0.29, 0.717) is 24.9 Å². The zero-order valence-electron chi connectivity index (χ0n) is 25.1. The summed E-state index contributed by atoms with van der Waals surface area (Å²) in [7, 11) is 0. The summed E-state index contributed by atoms with van der Waals surface area (Å²) >= 11 is 4.34. The highest BCUT2D eigenvalue weighted by atomic mass is 32.1. The van der Waals surface area contributed by atoms with E-state index in [-0.39, 0.29) is 35.5 Å². The number of fused-ring (bicyclic) bond motifs is 1. The number of nitrogens with one attached hydrogen (secondary N) is 3. The van der Waals surface area contributed by atoms with Gasteiger partial charge in [0.05, 0.1) is 23.7 Å². The lowest BCUT2D eigenvalue weighted by Crippen LogP contribution is -2.59. The molecule has 1 fully saturated rings. The Kier molecular flexibility index (Phi) is 11.2. The highest BCUT2D eigenvalue weighted by molar-refractivity contribution is 7.80. The molecule has 0 bridgehead atoms. The fraction of sp³-hybridized carbons (Fsp3) is 0.455. The van der Waals surface area contributed by atoms with E-state index in [4.69, 9.17) is 0 Å². The predicted molar refractivity (Wildman–Crippen MR) is 172 cm³/mol. The summed E-state index contributed by atoms with van der Waals surface area (Å²) in [6, 6.07) is 18.6. The molecule has 4 rings (SSSR count). The maximum Gasteiger partial charge on any atom is 0.270 e. The van der Waals surface area contributed by atoms with E-state index in [1.165, 1.54) is 0 Å². The number of para-hydroxylation sites is 1. The summed E-state index contributed by atoms with van der Waals surface area (Å²) in [6.07, 6.45) is 1.98. The molecular weight excluding hydrogens is 562 g/mol. The molecule has 3 amide bonds. The highest BCUT2D eigenvalue weighted by Crippen LogP contribution is 2.20. The van der Waals surface area contributed by atoms with Gasteiger partial charge in [-0.2, -0.15) is 12.6 Å². The van der Waals surface area contributed by atoms with Crippen LogP contribution in [0.3, 0.4) is 0 Å². The van der Waals surface area contributed by atoms with Crippen molar-refractivity contribution in [3.05, 3.63) is 78.0 Å². The molecule has 9 nitrogen and oxygen atoms in total. The molecule has 2 aromatic carbocycles. The van der Waals surface area contributed by atoms with Gasteiger partial charge in [-0.25, -0.2) is 4.98 Å². The second kappa shape index (κ2) is 14.8. The van der Waals surface area contributed by atoms with Crippen molar-refractivity contribution in [2.24, 2.45) is 0 Å². The standard InChI is InChI=1S/C33H43N5O4S/c1-33(2,3)37-32(42)28-15-9-10-18-38(28)20-29(39)26(19-22-11-5-4-6-12-22)35-31(41)27(21-43)36-30(40)25-17-16-23-13-7-8-14-24(23)34-25/h4-8,11-14,16-17,26-29,39,43H,9-10,15,18-21H2,1-3H3,(H,35,41)(H,36,40)(H,37,42)/t26?,27-,28-,29?/m0/s1. The number of aliphatic hydroxyl groups is 1. The Morgan fingerprint density at radius 2 is 1.72 bits per heavy atom. The number of pyridine rings is 1. The Labute approximate surface area is 259 Å². The quantitative estimate of drug-likeness (QED) is 0.214. The van der Waals surface area contributed by atoms with Crippen LogP contribution in [0.2, 0.25) is 0 Å². The van der Waals surface area contributed by atoms with Crippen LogP contribution in [0.15, 0.2) is 66.7 Å². The topological polar surface area (TPSA) is 124 Å². The maximum atomic E-state index is 13.5. The van der Waals surface area contributed by atoms with Crippen molar-refractivity contribution in [1.82, 2.24) is 25.8 Å². The van der Waals surface area contributed by atoms with E-state index in [9.17, 15) is 19.5 Å². The fourth-order valence-electron chi connectivity index (χ4n) is 5.38. The summed E-state index contributed by atoms with van der Waals surface area (Å²) in [5, 5.41) is 21.2. The number of nitrogens with zero attached hydrogens (tertiary/aromatic N) is 2. The van der Waals surface area contributed by atoms with Crippen LogP contribution in [0.1, 0.15) is 56.1 Å². The third-order valence-corrected chi connectivity index (χ3v) is 7.93. The minimum Gasteiger partial charge on any atom is -0.390 e. The van der Waals surface area contributed by atoms with Gasteiger partial charge in [-0.15, -0.1) is 0 Å². The smallest absolute Gasteiger partial charge is 0.270 e. The number of aliphatic hydroxyl groups excluding tert-OH is 1. The molecule has 0 spiro atoms. The molecule has 1 saturated heterocycles. The van der Waals surface area contributed by atoms with Crippen LogP contribution in [-0.2, 0) is 16.0 Å². The Bertz CT molecular complexity index is 1400. The molecule has 2 heterocycles. The number of rotatable bonds is 11. The zero-order valence-corrected chi connectivity index (χ0v) is 26.0. The number of amides is 3. The van der Waals surface area contributed by atoms with E-state index in [2.05, 4.69) is 33.6 Å². The monoisotopic (exact) mass is 605 g/mol. The lowest BCUT2D eigenvalue weighted by atomic mass is 9.96. The number of carbonyl (C=O) groups excluding carboxylic acids is 3. The summed E-state index contributed by atoms with van der Waals surface area (Å²) in [6.45, 7) is 6.75. The number of likely N-dealkylation sites (tertiary alicyclic amines) is 1. The van der Waals surface area contributed by atoms with Crippen molar-refractivity contribution in [3.63, 3.8) is 0 Å². The summed E-state index contributed by atoms with van der Waals surface area (Å²) in [5.41, 5.74) is 1.46.